The van der Waals surface area contributed by atoms with Crippen LogP contribution in [0.2, 0.25) is 0 Å². The second-order valence-electron chi connectivity index (χ2n) is 3.96. The number of rotatable bonds is 2. The molecule has 19 heavy (non-hydrogen) atoms. The Bertz CT molecular complexity index is 736. The van der Waals surface area contributed by atoms with Crippen molar-refractivity contribution in [3.8, 4) is 0 Å². The number of benzene rings is 1. The zero-order chi connectivity index (χ0) is 13.2. The lowest BCUT2D eigenvalue weighted by molar-refractivity contribution is 0.102. The van der Waals surface area contributed by atoms with E-state index in [1.807, 2.05) is 0 Å². The molecular formula is C13H9FN4O. The maximum atomic E-state index is 12.7. The molecule has 0 unspecified atom stereocenters. The smallest absolute Gasteiger partial charge is 0.255 e. The number of nitrogens with one attached hydrogen (secondary N) is 2. The molecule has 0 bridgehead atoms. The van der Waals surface area contributed by atoms with Crippen LogP contribution in [0.4, 0.5) is 10.1 Å². The molecule has 2 aromatic heterocycles. The third-order valence-electron chi connectivity index (χ3n) is 2.67. The second-order valence-corrected chi connectivity index (χ2v) is 3.96. The molecule has 1 aromatic carbocycles. The quantitative estimate of drug-likeness (QED) is 0.691. The molecule has 3 aromatic rings. The number of hydrogen-bond acceptors (Lipinski definition) is 3. The molecule has 0 saturated heterocycles. The predicted octanol–water partition coefficient (Wildman–Crippen LogP) is 2.35. The number of pyridine rings is 1. The van der Waals surface area contributed by atoms with Crippen molar-refractivity contribution in [2.24, 2.45) is 0 Å². The third kappa shape index (κ3) is 2.28. The van der Waals surface area contributed by atoms with E-state index in [0.29, 0.717) is 11.3 Å². The fraction of sp³-hybridized carbons (Fsp3) is 0. The Morgan fingerprint density at radius 3 is 2.89 bits per heavy atom. The number of anilines is 1. The van der Waals surface area contributed by atoms with Crippen molar-refractivity contribution in [1.29, 1.82) is 0 Å². The second kappa shape index (κ2) is 4.49. The number of amides is 1. The number of H-pyrrole nitrogens is 1. The van der Waals surface area contributed by atoms with Gasteiger partial charge in [0.25, 0.3) is 5.91 Å². The van der Waals surface area contributed by atoms with E-state index in [2.05, 4.69) is 20.3 Å². The molecule has 0 aliphatic heterocycles. The molecule has 1 amide bonds. The van der Waals surface area contributed by atoms with Crippen LogP contribution in [-0.2, 0) is 0 Å². The Labute approximate surface area is 107 Å². The van der Waals surface area contributed by atoms with E-state index in [1.165, 1.54) is 18.3 Å². The summed E-state index contributed by atoms with van der Waals surface area (Å²) in [5, 5.41) is 2.64. The summed E-state index contributed by atoms with van der Waals surface area (Å²) in [6.07, 6.45) is 2.83. The molecule has 94 valence electrons. The minimum Gasteiger partial charge on any atom is -0.345 e. The van der Waals surface area contributed by atoms with Gasteiger partial charge in [-0.3, -0.25) is 4.79 Å². The van der Waals surface area contributed by atoms with Crippen molar-refractivity contribution < 1.29 is 9.18 Å². The van der Waals surface area contributed by atoms with Gasteiger partial charge in [0, 0.05) is 5.56 Å². The molecule has 2 heterocycles. The highest BCUT2D eigenvalue weighted by Gasteiger charge is 2.08. The molecule has 0 radical (unpaired) electrons. The SMILES string of the molecule is O=C(Nc1ccc(F)nc1)c1ccc2nc[nH]c2c1. The first kappa shape index (κ1) is 11.3. The van der Waals surface area contributed by atoms with E-state index >= 15 is 0 Å². The summed E-state index contributed by atoms with van der Waals surface area (Å²) in [4.78, 5) is 22.5. The number of halogens is 1. The summed E-state index contributed by atoms with van der Waals surface area (Å²) in [7, 11) is 0. The lowest BCUT2D eigenvalue weighted by atomic mass is 10.2. The molecule has 0 fully saturated rings. The van der Waals surface area contributed by atoms with Crippen LogP contribution >= 0.6 is 0 Å². The number of imidazole rings is 1. The van der Waals surface area contributed by atoms with Crippen molar-refractivity contribution in [1.82, 2.24) is 15.0 Å². The average molecular weight is 256 g/mol. The molecular weight excluding hydrogens is 247 g/mol. The Kier molecular flexibility index (Phi) is 2.68. The van der Waals surface area contributed by atoms with Crippen molar-refractivity contribution >= 4 is 22.6 Å². The average Bonchev–Trinajstić information content (AvgIpc) is 2.88. The van der Waals surface area contributed by atoms with E-state index in [9.17, 15) is 9.18 Å². The normalized spacial score (nSPS) is 10.6. The Morgan fingerprint density at radius 1 is 1.21 bits per heavy atom. The number of carbonyl (C=O) groups excluding carboxylic acids is 1. The minimum atomic E-state index is -0.586. The summed E-state index contributed by atoms with van der Waals surface area (Å²) in [6.45, 7) is 0. The molecule has 3 rings (SSSR count). The van der Waals surface area contributed by atoms with E-state index < -0.39 is 5.95 Å². The highest BCUT2D eigenvalue weighted by molar-refractivity contribution is 6.05. The number of aromatic nitrogens is 3. The van der Waals surface area contributed by atoms with E-state index in [-0.39, 0.29) is 5.91 Å². The molecule has 0 atom stereocenters. The molecule has 6 heteroatoms. The van der Waals surface area contributed by atoms with Gasteiger partial charge in [-0.25, -0.2) is 9.97 Å². The van der Waals surface area contributed by atoms with Crippen molar-refractivity contribution in [3.63, 3.8) is 0 Å². The minimum absolute atomic E-state index is 0.287. The van der Waals surface area contributed by atoms with Gasteiger partial charge >= 0.3 is 0 Å². The van der Waals surface area contributed by atoms with Crippen LogP contribution in [0.1, 0.15) is 10.4 Å². The van der Waals surface area contributed by atoms with Gasteiger partial charge in [0.05, 0.1) is 29.2 Å². The van der Waals surface area contributed by atoms with Crippen LogP contribution in [0.3, 0.4) is 0 Å². The van der Waals surface area contributed by atoms with E-state index in [1.54, 1.807) is 24.5 Å². The molecule has 0 aliphatic rings. The molecule has 2 N–H and O–H groups in total. The van der Waals surface area contributed by atoms with Crippen LogP contribution < -0.4 is 5.32 Å². The van der Waals surface area contributed by atoms with Crippen molar-refractivity contribution in [2.45, 2.75) is 0 Å². The van der Waals surface area contributed by atoms with Gasteiger partial charge in [0.15, 0.2) is 0 Å². The first-order valence-corrected chi connectivity index (χ1v) is 5.58. The summed E-state index contributed by atoms with van der Waals surface area (Å²) >= 11 is 0. The molecule has 5 nitrogen and oxygen atoms in total. The Morgan fingerprint density at radius 2 is 2.11 bits per heavy atom. The number of hydrogen-bond donors (Lipinski definition) is 2. The maximum absolute atomic E-state index is 12.7. The van der Waals surface area contributed by atoms with Gasteiger partial charge in [0.2, 0.25) is 5.95 Å². The number of nitrogens with zero attached hydrogens (tertiary/aromatic N) is 2. The highest BCUT2D eigenvalue weighted by Crippen LogP contribution is 2.13. The molecule has 0 aliphatic carbocycles. The van der Waals surface area contributed by atoms with Gasteiger partial charge in [-0.15, -0.1) is 0 Å². The van der Waals surface area contributed by atoms with Crippen LogP contribution in [0.15, 0.2) is 42.9 Å². The summed E-state index contributed by atoms with van der Waals surface area (Å²) in [5.41, 5.74) is 2.50. The monoisotopic (exact) mass is 256 g/mol. The molecule has 0 saturated carbocycles. The van der Waals surface area contributed by atoms with Crippen LogP contribution in [0, 0.1) is 5.95 Å². The van der Waals surface area contributed by atoms with Gasteiger partial charge in [-0.2, -0.15) is 4.39 Å². The maximum Gasteiger partial charge on any atom is 0.255 e. The van der Waals surface area contributed by atoms with Crippen molar-refractivity contribution in [3.05, 3.63) is 54.4 Å². The number of aromatic amines is 1. The van der Waals surface area contributed by atoms with Crippen molar-refractivity contribution in [2.75, 3.05) is 5.32 Å². The van der Waals surface area contributed by atoms with E-state index in [0.717, 1.165) is 11.0 Å². The van der Waals surface area contributed by atoms with Gasteiger partial charge < -0.3 is 10.3 Å². The fourth-order valence-electron chi connectivity index (χ4n) is 1.73. The zero-order valence-corrected chi connectivity index (χ0v) is 9.72. The Balaban J connectivity index is 1.84. The van der Waals surface area contributed by atoms with Gasteiger partial charge in [0.1, 0.15) is 0 Å². The van der Waals surface area contributed by atoms with Gasteiger partial charge in [-0.1, -0.05) is 0 Å². The van der Waals surface area contributed by atoms with Crippen LogP contribution in [0.25, 0.3) is 11.0 Å². The molecule has 0 spiro atoms. The summed E-state index contributed by atoms with van der Waals surface area (Å²) in [6, 6.07) is 7.77. The number of fused-ring (bicyclic) bond motifs is 1. The van der Waals surface area contributed by atoms with E-state index in [4.69, 9.17) is 0 Å². The largest absolute Gasteiger partial charge is 0.345 e. The van der Waals surface area contributed by atoms with Crippen LogP contribution in [-0.4, -0.2) is 20.9 Å². The van der Waals surface area contributed by atoms with Crippen LogP contribution in [0.5, 0.6) is 0 Å². The first-order valence-electron chi connectivity index (χ1n) is 5.58. The summed E-state index contributed by atoms with van der Waals surface area (Å²) < 4.78 is 12.7. The first-order chi connectivity index (χ1) is 9.22. The standard InChI is InChI=1S/C13H9FN4O/c14-12-4-2-9(6-15-12)18-13(19)8-1-3-10-11(5-8)17-7-16-10/h1-7H,(H,16,17)(H,18,19). The Hall–Kier alpha value is -2.76. The summed E-state index contributed by atoms with van der Waals surface area (Å²) in [5.74, 6) is -0.873. The fourth-order valence-corrected chi connectivity index (χ4v) is 1.73. The van der Waals surface area contributed by atoms with Gasteiger partial charge in [-0.05, 0) is 30.3 Å². The lowest BCUT2D eigenvalue weighted by Crippen LogP contribution is -2.12. The third-order valence-corrected chi connectivity index (χ3v) is 2.67. The predicted molar refractivity (Wildman–Crippen MR) is 68.2 cm³/mol. The highest BCUT2D eigenvalue weighted by atomic mass is 19.1. The zero-order valence-electron chi connectivity index (χ0n) is 9.72. The lowest BCUT2D eigenvalue weighted by Gasteiger charge is -2.04. The number of carbonyl (C=O) groups is 1. The topological polar surface area (TPSA) is 70.7 Å².